The van der Waals surface area contributed by atoms with Gasteiger partial charge in [0.1, 0.15) is 0 Å². The van der Waals surface area contributed by atoms with E-state index in [2.05, 4.69) is 15.5 Å². The predicted molar refractivity (Wildman–Crippen MR) is 100 cm³/mol. The molecule has 0 saturated heterocycles. The van der Waals surface area contributed by atoms with Gasteiger partial charge < -0.3 is 0 Å². The van der Waals surface area contributed by atoms with Gasteiger partial charge in [-0.2, -0.15) is 0 Å². The number of amides is 1. The molecule has 3 rings (SSSR count). The third-order valence-electron chi connectivity index (χ3n) is 3.06. The van der Waals surface area contributed by atoms with Crippen molar-refractivity contribution in [3.05, 3.63) is 69.7 Å². The number of hydrogen-bond acceptors (Lipinski definition) is 5. The highest BCUT2D eigenvalue weighted by molar-refractivity contribution is 8.00. The van der Waals surface area contributed by atoms with Crippen LogP contribution in [0, 0.1) is 0 Å². The van der Waals surface area contributed by atoms with Crippen LogP contribution in [-0.2, 0) is 5.75 Å². The summed E-state index contributed by atoms with van der Waals surface area (Å²) in [6.07, 6.45) is 0. The van der Waals surface area contributed by atoms with Crippen LogP contribution in [0.15, 0.2) is 52.9 Å². The maximum atomic E-state index is 12.1. The van der Waals surface area contributed by atoms with Crippen LogP contribution in [0.5, 0.6) is 0 Å². The molecular formula is C16H11Cl2N3OS2. The molecule has 0 radical (unpaired) electrons. The Morgan fingerprint density at radius 2 is 1.75 bits per heavy atom. The fourth-order valence-corrected chi connectivity index (χ4v) is 4.37. The van der Waals surface area contributed by atoms with Crippen LogP contribution in [-0.4, -0.2) is 16.1 Å². The lowest BCUT2D eigenvalue weighted by Gasteiger charge is -2.04. The first-order valence-corrected chi connectivity index (χ1v) is 9.45. The van der Waals surface area contributed by atoms with E-state index >= 15 is 0 Å². The standard InChI is InChI=1S/C16H11Cl2N3OS2/c17-12-7-4-8-13(18)11(12)9-23-16-21-20-15(24-16)19-14(22)10-5-2-1-3-6-10/h1-8H,9H2,(H,19,20,22). The van der Waals surface area contributed by atoms with Crippen molar-refractivity contribution in [3.63, 3.8) is 0 Å². The molecule has 24 heavy (non-hydrogen) atoms. The summed E-state index contributed by atoms with van der Waals surface area (Å²) >= 11 is 15.1. The minimum Gasteiger partial charge on any atom is -0.296 e. The molecule has 1 N–H and O–H groups in total. The second-order valence-electron chi connectivity index (χ2n) is 4.68. The van der Waals surface area contributed by atoms with Gasteiger partial charge >= 0.3 is 0 Å². The molecule has 0 aliphatic carbocycles. The summed E-state index contributed by atoms with van der Waals surface area (Å²) < 4.78 is 0.731. The summed E-state index contributed by atoms with van der Waals surface area (Å²) in [5, 5.41) is 12.5. The Morgan fingerprint density at radius 3 is 2.46 bits per heavy atom. The number of rotatable bonds is 5. The molecule has 8 heteroatoms. The Bertz CT molecular complexity index is 835. The fourth-order valence-electron chi connectivity index (χ4n) is 1.88. The Hall–Kier alpha value is -1.60. The first kappa shape index (κ1) is 17.2. The second kappa shape index (κ2) is 7.98. The van der Waals surface area contributed by atoms with E-state index in [0.29, 0.717) is 26.5 Å². The number of carbonyl (C=O) groups is 1. The van der Waals surface area contributed by atoms with Crippen molar-refractivity contribution in [1.82, 2.24) is 10.2 Å². The lowest BCUT2D eigenvalue weighted by molar-refractivity contribution is 0.102. The van der Waals surface area contributed by atoms with Gasteiger partial charge in [-0.05, 0) is 29.8 Å². The highest BCUT2D eigenvalue weighted by atomic mass is 35.5. The quantitative estimate of drug-likeness (QED) is 0.464. The average Bonchev–Trinajstić information content (AvgIpc) is 3.02. The minimum absolute atomic E-state index is 0.211. The number of aromatic nitrogens is 2. The van der Waals surface area contributed by atoms with Crippen molar-refractivity contribution in [1.29, 1.82) is 0 Å². The van der Waals surface area contributed by atoms with Gasteiger partial charge in [-0.15, -0.1) is 10.2 Å². The second-order valence-corrected chi connectivity index (χ2v) is 7.70. The molecule has 0 unspecified atom stereocenters. The number of thioether (sulfide) groups is 1. The van der Waals surface area contributed by atoms with Crippen molar-refractivity contribution >= 4 is 57.3 Å². The molecule has 0 atom stereocenters. The molecule has 0 spiro atoms. The van der Waals surface area contributed by atoms with E-state index in [1.54, 1.807) is 30.3 Å². The average molecular weight is 396 g/mol. The van der Waals surface area contributed by atoms with E-state index in [-0.39, 0.29) is 5.91 Å². The summed E-state index contributed by atoms with van der Waals surface area (Å²) in [6.45, 7) is 0. The van der Waals surface area contributed by atoms with Crippen molar-refractivity contribution in [2.75, 3.05) is 5.32 Å². The third kappa shape index (κ3) is 4.27. The maximum Gasteiger partial charge on any atom is 0.257 e. The van der Waals surface area contributed by atoms with Crippen molar-refractivity contribution in [2.24, 2.45) is 0 Å². The van der Waals surface area contributed by atoms with Gasteiger partial charge in [0.25, 0.3) is 5.91 Å². The zero-order valence-corrected chi connectivity index (χ0v) is 15.3. The number of benzene rings is 2. The van der Waals surface area contributed by atoms with Crippen LogP contribution < -0.4 is 5.32 Å². The Kier molecular flexibility index (Phi) is 5.73. The van der Waals surface area contributed by atoms with Gasteiger partial charge in [-0.1, -0.05) is 70.6 Å². The molecule has 0 aliphatic heterocycles. The maximum absolute atomic E-state index is 12.1. The largest absolute Gasteiger partial charge is 0.296 e. The van der Waals surface area contributed by atoms with E-state index in [4.69, 9.17) is 23.2 Å². The fraction of sp³-hybridized carbons (Fsp3) is 0.0625. The van der Waals surface area contributed by atoms with E-state index in [1.807, 2.05) is 18.2 Å². The third-order valence-corrected chi connectivity index (χ3v) is 5.77. The summed E-state index contributed by atoms with van der Waals surface area (Å²) in [7, 11) is 0. The number of halogens is 2. The zero-order chi connectivity index (χ0) is 16.9. The first-order valence-electron chi connectivity index (χ1n) is 6.89. The van der Waals surface area contributed by atoms with Crippen LogP contribution >= 0.6 is 46.3 Å². The van der Waals surface area contributed by atoms with E-state index < -0.39 is 0 Å². The summed E-state index contributed by atoms with van der Waals surface area (Å²) in [5.74, 6) is 0.372. The predicted octanol–water partition coefficient (Wildman–Crippen LogP) is 5.39. The molecule has 4 nitrogen and oxygen atoms in total. The topological polar surface area (TPSA) is 54.9 Å². The molecule has 3 aromatic rings. The van der Waals surface area contributed by atoms with E-state index in [9.17, 15) is 4.79 Å². The van der Waals surface area contributed by atoms with Crippen LogP contribution in [0.25, 0.3) is 0 Å². The number of hydrogen-bond donors (Lipinski definition) is 1. The molecule has 2 aromatic carbocycles. The van der Waals surface area contributed by atoms with Crippen LogP contribution in [0.4, 0.5) is 5.13 Å². The van der Waals surface area contributed by atoms with Gasteiger partial charge in [0.2, 0.25) is 5.13 Å². The lowest BCUT2D eigenvalue weighted by atomic mass is 10.2. The van der Waals surface area contributed by atoms with Crippen molar-refractivity contribution in [2.45, 2.75) is 10.1 Å². The molecular weight excluding hydrogens is 385 g/mol. The minimum atomic E-state index is -0.211. The zero-order valence-electron chi connectivity index (χ0n) is 12.2. The highest BCUT2D eigenvalue weighted by Gasteiger charge is 2.12. The number of nitrogens with zero attached hydrogens (tertiary/aromatic N) is 2. The van der Waals surface area contributed by atoms with E-state index in [1.165, 1.54) is 23.1 Å². The molecule has 0 bridgehead atoms. The summed E-state index contributed by atoms with van der Waals surface area (Å²) in [5.41, 5.74) is 1.43. The van der Waals surface area contributed by atoms with Crippen LogP contribution in [0.1, 0.15) is 15.9 Å². The van der Waals surface area contributed by atoms with Gasteiger partial charge in [0.05, 0.1) is 0 Å². The Balaban J connectivity index is 1.63. The molecule has 1 heterocycles. The van der Waals surface area contributed by atoms with Gasteiger partial charge in [0.15, 0.2) is 4.34 Å². The van der Waals surface area contributed by atoms with Crippen molar-refractivity contribution in [3.8, 4) is 0 Å². The number of carbonyl (C=O) groups excluding carboxylic acids is 1. The van der Waals surface area contributed by atoms with Gasteiger partial charge in [0, 0.05) is 21.4 Å². The monoisotopic (exact) mass is 395 g/mol. The molecule has 1 amide bonds. The summed E-state index contributed by atoms with van der Waals surface area (Å²) in [6, 6.07) is 14.4. The molecule has 0 saturated carbocycles. The molecule has 0 fully saturated rings. The lowest BCUT2D eigenvalue weighted by Crippen LogP contribution is -2.11. The van der Waals surface area contributed by atoms with Gasteiger partial charge in [-0.25, -0.2) is 0 Å². The van der Waals surface area contributed by atoms with E-state index in [0.717, 1.165) is 9.90 Å². The normalized spacial score (nSPS) is 10.6. The molecule has 122 valence electrons. The Labute approximate surface area is 157 Å². The molecule has 1 aromatic heterocycles. The van der Waals surface area contributed by atoms with Gasteiger partial charge in [-0.3, -0.25) is 10.1 Å². The first-order chi connectivity index (χ1) is 11.6. The van der Waals surface area contributed by atoms with Crippen molar-refractivity contribution < 1.29 is 4.79 Å². The SMILES string of the molecule is O=C(Nc1nnc(SCc2c(Cl)cccc2Cl)s1)c1ccccc1. The highest BCUT2D eigenvalue weighted by Crippen LogP contribution is 2.33. The molecule has 0 aliphatic rings. The number of nitrogens with one attached hydrogen (secondary N) is 1. The summed E-state index contributed by atoms with van der Waals surface area (Å²) in [4.78, 5) is 12.1. The van der Waals surface area contributed by atoms with Crippen LogP contribution in [0.2, 0.25) is 10.0 Å². The Morgan fingerprint density at radius 1 is 1.04 bits per heavy atom. The van der Waals surface area contributed by atoms with Crippen LogP contribution in [0.3, 0.4) is 0 Å². The smallest absolute Gasteiger partial charge is 0.257 e. The number of anilines is 1.